The molecule has 0 radical (unpaired) electrons. The number of carbonyl (C=O) groups excluding carboxylic acids is 2. The van der Waals surface area contributed by atoms with Gasteiger partial charge in [-0.3, -0.25) is 9.59 Å². The average Bonchev–Trinajstić information content (AvgIpc) is 2.99. The SMILES string of the molecule is Cc1cc(/C=C/C(=O)N2CCC(C(=O)N(C)C)CC2)c(C)n1C1CCCCC1. The third-order valence-corrected chi connectivity index (χ3v) is 6.47. The molecule has 1 saturated carbocycles. The second-order valence-electron chi connectivity index (χ2n) is 8.65. The van der Waals surface area contributed by atoms with Gasteiger partial charge < -0.3 is 14.4 Å². The predicted molar refractivity (Wildman–Crippen MR) is 113 cm³/mol. The molecule has 2 aliphatic rings. The zero-order chi connectivity index (χ0) is 20.3. The van der Waals surface area contributed by atoms with E-state index < -0.39 is 0 Å². The van der Waals surface area contributed by atoms with Crippen molar-refractivity contribution in [2.75, 3.05) is 27.2 Å². The summed E-state index contributed by atoms with van der Waals surface area (Å²) >= 11 is 0. The van der Waals surface area contributed by atoms with Gasteiger partial charge in [0.25, 0.3) is 0 Å². The molecule has 1 aliphatic heterocycles. The molecule has 2 amide bonds. The third kappa shape index (κ3) is 4.50. The highest BCUT2D eigenvalue weighted by Gasteiger charge is 2.27. The van der Waals surface area contributed by atoms with Crippen LogP contribution in [0.1, 0.15) is 67.9 Å². The number of hydrogen-bond donors (Lipinski definition) is 0. The van der Waals surface area contributed by atoms with E-state index in [1.54, 1.807) is 25.1 Å². The van der Waals surface area contributed by atoms with Crippen molar-refractivity contribution in [1.29, 1.82) is 0 Å². The quantitative estimate of drug-likeness (QED) is 0.737. The largest absolute Gasteiger partial charge is 0.349 e. The lowest BCUT2D eigenvalue weighted by atomic mass is 9.95. The first-order chi connectivity index (χ1) is 13.4. The fourth-order valence-electron chi connectivity index (χ4n) is 4.85. The number of aryl methyl sites for hydroxylation is 1. The first-order valence-corrected chi connectivity index (χ1v) is 10.7. The first-order valence-electron chi connectivity index (χ1n) is 10.7. The number of aromatic nitrogens is 1. The minimum atomic E-state index is 0.0532. The maximum atomic E-state index is 12.6. The molecule has 0 spiro atoms. The highest BCUT2D eigenvalue weighted by molar-refractivity contribution is 5.92. The normalized spacial score (nSPS) is 19.4. The summed E-state index contributed by atoms with van der Waals surface area (Å²) in [6.07, 6.45) is 11.7. The van der Waals surface area contributed by atoms with Gasteiger partial charge in [0, 0.05) is 56.6 Å². The summed E-state index contributed by atoms with van der Waals surface area (Å²) in [7, 11) is 3.60. The van der Waals surface area contributed by atoms with Gasteiger partial charge in [0.05, 0.1) is 0 Å². The van der Waals surface area contributed by atoms with Crippen LogP contribution in [0.4, 0.5) is 0 Å². The molecule has 1 saturated heterocycles. The Kier molecular flexibility index (Phi) is 6.63. The van der Waals surface area contributed by atoms with E-state index in [2.05, 4.69) is 24.5 Å². The minimum absolute atomic E-state index is 0.0532. The number of hydrogen-bond acceptors (Lipinski definition) is 2. The van der Waals surface area contributed by atoms with Crippen molar-refractivity contribution in [3.05, 3.63) is 29.1 Å². The van der Waals surface area contributed by atoms with Gasteiger partial charge in [-0.25, -0.2) is 0 Å². The van der Waals surface area contributed by atoms with Crippen LogP contribution in [0.15, 0.2) is 12.1 Å². The maximum absolute atomic E-state index is 12.6. The third-order valence-electron chi connectivity index (χ3n) is 6.47. The fourth-order valence-corrected chi connectivity index (χ4v) is 4.85. The number of likely N-dealkylation sites (tertiary alicyclic amines) is 1. The number of piperidine rings is 1. The molecule has 2 heterocycles. The number of nitrogens with zero attached hydrogens (tertiary/aromatic N) is 3. The summed E-state index contributed by atoms with van der Waals surface area (Å²) in [6, 6.07) is 2.82. The van der Waals surface area contributed by atoms with Crippen molar-refractivity contribution in [3.63, 3.8) is 0 Å². The molecule has 2 fully saturated rings. The molecule has 1 aromatic rings. The number of amides is 2. The van der Waals surface area contributed by atoms with Crippen LogP contribution in [0.2, 0.25) is 0 Å². The molecule has 28 heavy (non-hydrogen) atoms. The molecule has 5 heteroatoms. The van der Waals surface area contributed by atoms with Crippen LogP contribution in [0.25, 0.3) is 6.08 Å². The van der Waals surface area contributed by atoms with Crippen LogP contribution in [0.5, 0.6) is 0 Å². The van der Waals surface area contributed by atoms with Gasteiger partial charge >= 0.3 is 0 Å². The smallest absolute Gasteiger partial charge is 0.246 e. The van der Waals surface area contributed by atoms with Gasteiger partial charge in [0.15, 0.2) is 0 Å². The standard InChI is InChI=1S/C23H35N3O2/c1-17-16-20(18(2)26(17)21-8-6-5-7-9-21)10-11-22(27)25-14-12-19(13-15-25)23(28)24(3)4/h10-11,16,19,21H,5-9,12-15H2,1-4H3/b11-10+. The van der Waals surface area contributed by atoms with Gasteiger partial charge in [-0.15, -0.1) is 0 Å². The van der Waals surface area contributed by atoms with E-state index >= 15 is 0 Å². The molecular weight excluding hydrogens is 350 g/mol. The molecule has 0 aromatic carbocycles. The summed E-state index contributed by atoms with van der Waals surface area (Å²) < 4.78 is 2.47. The molecule has 0 N–H and O–H groups in total. The second-order valence-corrected chi connectivity index (χ2v) is 8.65. The molecule has 154 valence electrons. The Hall–Kier alpha value is -2.04. The van der Waals surface area contributed by atoms with Crippen LogP contribution in [0, 0.1) is 19.8 Å². The van der Waals surface area contributed by atoms with Gasteiger partial charge in [-0.2, -0.15) is 0 Å². The lowest BCUT2D eigenvalue weighted by Gasteiger charge is -2.31. The summed E-state index contributed by atoms with van der Waals surface area (Å²) in [4.78, 5) is 28.2. The predicted octanol–water partition coefficient (Wildman–Crippen LogP) is 3.95. The molecule has 0 unspecified atom stereocenters. The van der Waals surface area contributed by atoms with Crippen LogP contribution >= 0.6 is 0 Å². The molecular formula is C23H35N3O2. The van der Waals surface area contributed by atoms with Crippen molar-refractivity contribution in [2.24, 2.45) is 5.92 Å². The Morgan fingerprint density at radius 1 is 1.04 bits per heavy atom. The highest BCUT2D eigenvalue weighted by atomic mass is 16.2. The summed E-state index contributed by atoms with van der Waals surface area (Å²) in [5, 5.41) is 0. The van der Waals surface area contributed by atoms with E-state index in [1.807, 2.05) is 11.0 Å². The minimum Gasteiger partial charge on any atom is -0.349 e. The van der Waals surface area contributed by atoms with E-state index in [4.69, 9.17) is 0 Å². The Labute approximate surface area is 169 Å². The van der Waals surface area contributed by atoms with Crippen LogP contribution in [0.3, 0.4) is 0 Å². The summed E-state index contributed by atoms with van der Waals surface area (Å²) in [6.45, 7) is 5.67. The van der Waals surface area contributed by atoms with Gasteiger partial charge in [0.1, 0.15) is 0 Å². The Bertz CT molecular complexity index is 733. The lowest BCUT2D eigenvalue weighted by Crippen LogP contribution is -2.42. The van der Waals surface area contributed by atoms with E-state index in [0.717, 1.165) is 18.4 Å². The van der Waals surface area contributed by atoms with Gasteiger partial charge in [0.2, 0.25) is 11.8 Å². The number of carbonyl (C=O) groups is 2. The Morgan fingerprint density at radius 3 is 2.29 bits per heavy atom. The maximum Gasteiger partial charge on any atom is 0.246 e. The van der Waals surface area contributed by atoms with E-state index in [-0.39, 0.29) is 17.7 Å². The highest BCUT2D eigenvalue weighted by Crippen LogP contribution is 2.32. The van der Waals surface area contributed by atoms with Gasteiger partial charge in [-0.1, -0.05) is 19.3 Å². The van der Waals surface area contributed by atoms with E-state index in [0.29, 0.717) is 19.1 Å². The summed E-state index contributed by atoms with van der Waals surface area (Å²) in [5.41, 5.74) is 3.71. The lowest BCUT2D eigenvalue weighted by molar-refractivity contribution is -0.137. The van der Waals surface area contributed by atoms with E-state index in [9.17, 15) is 9.59 Å². The molecule has 5 nitrogen and oxygen atoms in total. The summed E-state index contributed by atoms with van der Waals surface area (Å²) in [5.74, 6) is 0.286. The molecule has 1 aliphatic carbocycles. The molecule has 1 aromatic heterocycles. The average molecular weight is 386 g/mol. The van der Waals surface area contributed by atoms with Crippen molar-refractivity contribution in [2.45, 2.75) is 64.8 Å². The topological polar surface area (TPSA) is 45.6 Å². The van der Waals surface area contributed by atoms with Gasteiger partial charge in [-0.05, 0) is 57.2 Å². The molecule has 3 rings (SSSR count). The fraction of sp³-hybridized carbons (Fsp3) is 0.652. The second kappa shape index (κ2) is 8.97. The molecule has 0 bridgehead atoms. The van der Waals surface area contributed by atoms with Crippen molar-refractivity contribution >= 4 is 17.9 Å². The van der Waals surface area contributed by atoms with Crippen molar-refractivity contribution in [3.8, 4) is 0 Å². The Balaban J connectivity index is 1.61. The van der Waals surface area contributed by atoms with E-state index in [1.165, 1.54) is 43.5 Å². The zero-order valence-corrected chi connectivity index (χ0v) is 17.9. The van der Waals surface area contributed by atoms with Crippen LogP contribution < -0.4 is 0 Å². The zero-order valence-electron chi connectivity index (χ0n) is 17.9. The van der Waals surface area contributed by atoms with Crippen LogP contribution in [-0.2, 0) is 9.59 Å². The number of rotatable bonds is 4. The monoisotopic (exact) mass is 385 g/mol. The Morgan fingerprint density at radius 2 is 1.68 bits per heavy atom. The first kappa shape index (κ1) is 20.7. The van der Waals surface area contributed by atoms with Crippen molar-refractivity contribution in [1.82, 2.24) is 14.4 Å². The van der Waals surface area contributed by atoms with Crippen LogP contribution in [-0.4, -0.2) is 53.4 Å². The van der Waals surface area contributed by atoms with Crippen molar-refractivity contribution < 1.29 is 9.59 Å². The molecule has 0 atom stereocenters.